The first-order valence-corrected chi connectivity index (χ1v) is 22.0. The van der Waals surface area contributed by atoms with Gasteiger partial charge < -0.3 is 13.3 Å². The molecule has 0 saturated heterocycles. The Labute approximate surface area is 364 Å². The van der Waals surface area contributed by atoms with Gasteiger partial charge in [0.25, 0.3) is 0 Å². The fraction of sp³-hybridized carbons (Fsp3) is 0.0667. The van der Waals surface area contributed by atoms with E-state index in [0.717, 1.165) is 81.4 Å². The predicted octanol–water partition coefficient (Wildman–Crippen LogP) is 16.5. The summed E-state index contributed by atoms with van der Waals surface area (Å²) < 4.78 is 19.1. The third-order valence-corrected chi connectivity index (χ3v) is 13.4. The van der Waals surface area contributed by atoms with Crippen LogP contribution in [-0.2, 0) is 12.8 Å². The number of hydrogen-bond acceptors (Lipinski definition) is 3. The highest BCUT2D eigenvalue weighted by atomic mass is 16.3. The van der Waals surface area contributed by atoms with Crippen LogP contribution in [0.15, 0.2) is 201 Å². The smallest absolute Gasteiger partial charge is 0.143 e. The summed E-state index contributed by atoms with van der Waals surface area (Å²) in [5.41, 5.74) is 20.9. The van der Waals surface area contributed by atoms with Gasteiger partial charge in [0, 0.05) is 51.1 Å². The summed E-state index contributed by atoms with van der Waals surface area (Å²) in [4.78, 5) is 0. The fourth-order valence-electron chi connectivity index (χ4n) is 10.3. The summed E-state index contributed by atoms with van der Waals surface area (Å²) in [6, 6.07) is 67.7. The van der Waals surface area contributed by atoms with Crippen molar-refractivity contribution in [1.29, 1.82) is 0 Å². The predicted molar refractivity (Wildman–Crippen MR) is 259 cm³/mol. The van der Waals surface area contributed by atoms with E-state index in [9.17, 15) is 0 Å². The Morgan fingerprint density at radius 2 is 0.873 bits per heavy atom. The van der Waals surface area contributed by atoms with Gasteiger partial charge in [-0.25, -0.2) is 0 Å². The van der Waals surface area contributed by atoms with E-state index in [1.165, 1.54) is 77.6 Å². The molecule has 0 N–H and O–H groups in total. The van der Waals surface area contributed by atoms with Gasteiger partial charge in [0.05, 0.1) is 0 Å². The lowest BCUT2D eigenvalue weighted by Crippen LogP contribution is -2.04. The van der Waals surface area contributed by atoms with E-state index >= 15 is 0 Å². The first kappa shape index (κ1) is 35.8. The van der Waals surface area contributed by atoms with Crippen LogP contribution in [0.2, 0.25) is 0 Å². The van der Waals surface area contributed by atoms with Crippen LogP contribution < -0.4 is 0 Å². The van der Waals surface area contributed by atoms with E-state index in [2.05, 4.69) is 176 Å². The third-order valence-electron chi connectivity index (χ3n) is 13.4. The van der Waals surface area contributed by atoms with Gasteiger partial charge in [-0.1, -0.05) is 164 Å². The molecule has 63 heavy (non-hydrogen) atoms. The van der Waals surface area contributed by atoms with Gasteiger partial charge in [-0.15, -0.1) is 0 Å². The molecular weight excluding hydrogens is 769 g/mol. The molecule has 0 atom stereocenters. The number of allylic oxidation sites excluding steroid dienone is 2. The quantitative estimate of drug-likeness (QED) is 0.168. The number of aryl methyl sites for hydroxylation is 2. The highest BCUT2D eigenvalue weighted by Crippen LogP contribution is 2.46. The number of furan rings is 3. The van der Waals surface area contributed by atoms with Gasteiger partial charge in [0.15, 0.2) is 0 Å². The molecule has 8 aromatic carbocycles. The standard InChI is InChI=1S/C60H40O3/c1-5-17-54-48(11-1)50-15-8-14-47(60(50)63-54)41-27-21-37(22-28-41)43-9-7-10-44(35-43)38-23-29-42(30-24-38)58-46(32-34-57-59(58)51-13-3-6-18-55(51)62-57)40-25-19-39(20-26-40)45-31-33-56-52(36-45)49-12-2-4-16-53(49)61-56/h1-30,35-36H,31-34H2. The molecule has 13 rings (SSSR count). The van der Waals surface area contributed by atoms with Crippen LogP contribution >= 0.6 is 0 Å². The van der Waals surface area contributed by atoms with Crippen LogP contribution in [0, 0.1) is 0 Å². The number of rotatable bonds is 6. The van der Waals surface area contributed by atoms with Gasteiger partial charge in [-0.05, 0) is 104 Å². The monoisotopic (exact) mass is 808 g/mol. The molecule has 0 spiro atoms. The van der Waals surface area contributed by atoms with Crippen LogP contribution in [0.3, 0.4) is 0 Å². The van der Waals surface area contributed by atoms with E-state index in [0.29, 0.717) is 0 Å². The first-order chi connectivity index (χ1) is 31.2. The third kappa shape index (κ3) is 5.96. The maximum atomic E-state index is 6.54. The molecule has 298 valence electrons. The molecular formula is C60H40O3. The second-order valence-corrected chi connectivity index (χ2v) is 16.9. The Bertz CT molecular complexity index is 3640. The van der Waals surface area contributed by atoms with Crippen LogP contribution in [0.25, 0.3) is 100 Å². The van der Waals surface area contributed by atoms with Crippen LogP contribution in [-0.4, -0.2) is 0 Å². The maximum Gasteiger partial charge on any atom is 0.143 e. The average Bonchev–Trinajstić information content (AvgIpc) is 4.05. The maximum absolute atomic E-state index is 6.54. The van der Waals surface area contributed by atoms with E-state index in [1.807, 2.05) is 18.2 Å². The van der Waals surface area contributed by atoms with Crippen LogP contribution in [0.4, 0.5) is 0 Å². The Hall–Kier alpha value is -7.88. The molecule has 3 nitrogen and oxygen atoms in total. The van der Waals surface area contributed by atoms with Gasteiger partial charge in [0.1, 0.15) is 33.9 Å². The molecule has 3 aromatic heterocycles. The van der Waals surface area contributed by atoms with Crippen molar-refractivity contribution in [3.63, 3.8) is 0 Å². The highest BCUT2D eigenvalue weighted by molar-refractivity contribution is 6.10. The minimum Gasteiger partial charge on any atom is -0.460 e. The van der Waals surface area contributed by atoms with Gasteiger partial charge in [-0.3, -0.25) is 0 Å². The Kier molecular flexibility index (Phi) is 8.17. The second kappa shape index (κ2) is 14.4. The second-order valence-electron chi connectivity index (χ2n) is 16.9. The summed E-state index contributed by atoms with van der Waals surface area (Å²) >= 11 is 0. The van der Waals surface area contributed by atoms with Crippen molar-refractivity contribution in [2.45, 2.75) is 25.7 Å². The molecule has 0 bridgehead atoms. The molecule has 0 radical (unpaired) electrons. The zero-order valence-corrected chi connectivity index (χ0v) is 34.5. The molecule has 11 aromatic rings. The Balaban J connectivity index is 0.833. The molecule has 0 fully saturated rings. The van der Waals surface area contributed by atoms with Crippen LogP contribution in [0.5, 0.6) is 0 Å². The molecule has 0 unspecified atom stereocenters. The Morgan fingerprint density at radius 1 is 0.333 bits per heavy atom. The minimum absolute atomic E-state index is 0.869. The highest BCUT2D eigenvalue weighted by Gasteiger charge is 2.27. The van der Waals surface area contributed by atoms with E-state index < -0.39 is 0 Å². The van der Waals surface area contributed by atoms with Crippen molar-refractivity contribution in [2.24, 2.45) is 0 Å². The fourth-order valence-corrected chi connectivity index (χ4v) is 10.3. The molecule has 0 saturated carbocycles. The molecule has 0 amide bonds. The molecule has 2 aliphatic carbocycles. The van der Waals surface area contributed by atoms with Crippen molar-refractivity contribution in [3.8, 4) is 33.4 Å². The summed E-state index contributed by atoms with van der Waals surface area (Å²) in [7, 11) is 0. The van der Waals surface area contributed by atoms with E-state index in [4.69, 9.17) is 13.3 Å². The Morgan fingerprint density at radius 3 is 1.62 bits per heavy atom. The molecule has 0 aliphatic heterocycles. The topological polar surface area (TPSA) is 39.4 Å². The zero-order valence-electron chi connectivity index (χ0n) is 34.5. The molecule has 2 aliphatic rings. The minimum atomic E-state index is 0.869. The van der Waals surface area contributed by atoms with Crippen LogP contribution in [0.1, 0.15) is 52.2 Å². The first-order valence-electron chi connectivity index (χ1n) is 22.0. The lowest BCUT2D eigenvalue weighted by Gasteiger charge is -2.22. The van der Waals surface area contributed by atoms with Crippen molar-refractivity contribution in [2.75, 3.05) is 0 Å². The van der Waals surface area contributed by atoms with E-state index in [1.54, 1.807) is 0 Å². The van der Waals surface area contributed by atoms with Crippen molar-refractivity contribution < 1.29 is 13.3 Å². The summed E-state index contributed by atoms with van der Waals surface area (Å²) in [5.74, 6) is 2.16. The van der Waals surface area contributed by atoms with Crippen molar-refractivity contribution >= 4 is 66.7 Å². The number of para-hydroxylation sites is 4. The number of fused-ring (bicyclic) bond motifs is 9. The SMILES string of the molecule is C1=C(c2ccc(C3=C(c4ccc(-c5cccc(-c6ccc(-c7cccc8c7oc7ccccc78)cc6)c5)cc4)c4c(oc5ccccc45)CC3)cc2)CCc2oc3ccccc3c21. The summed E-state index contributed by atoms with van der Waals surface area (Å²) in [6.45, 7) is 0. The number of hydrogen-bond donors (Lipinski definition) is 0. The molecule has 3 heteroatoms. The average molecular weight is 809 g/mol. The summed E-state index contributed by atoms with van der Waals surface area (Å²) in [5, 5.41) is 4.66. The lowest BCUT2D eigenvalue weighted by atomic mass is 9.81. The number of benzene rings is 8. The zero-order chi connectivity index (χ0) is 41.4. The normalized spacial score (nSPS) is 13.8. The van der Waals surface area contributed by atoms with E-state index in [-0.39, 0.29) is 0 Å². The van der Waals surface area contributed by atoms with Gasteiger partial charge in [0.2, 0.25) is 0 Å². The van der Waals surface area contributed by atoms with Gasteiger partial charge >= 0.3 is 0 Å². The summed E-state index contributed by atoms with van der Waals surface area (Å²) in [6.07, 6.45) is 6.00. The molecule has 3 heterocycles. The van der Waals surface area contributed by atoms with Gasteiger partial charge in [-0.2, -0.15) is 0 Å². The van der Waals surface area contributed by atoms with Crippen molar-refractivity contribution in [1.82, 2.24) is 0 Å². The van der Waals surface area contributed by atoms with Crippen molar-refractivity contribution in [3.05, 3.63) is 227 Å². The lowest BCUT2D eigenvalue weighted by molar-refractivity contribution is 0.547. The largest absolute Gasteiger partial charge is 0.460 e.